The van der Waals surface area contributed by atoms with Crippen molar-refractivity contribution in [1.82, 2.24) is 4.90 Å². The van der Waals surface area contributed by atoms with Gasteiger partial charge >= 0.3 is 5.97 Å². The molecule has 0 saturated heterocycles. The number of carboxylic acid groups (broad SMARTS) is 1. The van der Waals surface area contributed by atoms with Gasteiger partial charge in [0.2, 0.25) is 5.91 Å². The van der Waals surface area contributed by atoms with Crippen LogP contribution in [0.2, 0.25) is 0 Å². The number of carbonyl (C=O) groups excluding carboxylic acids is 1. The fourth-order valence-corrected chi connectivity index (χ4v) is 2.03. The summed E-state index contributed by atoms with van der Waals surface area (Å²) < 4.78 is 5.20. The summed E-state index contributed by atoms with van der Waals surface area (Å²) in [4.78, 5) is 24.4. The molecule has 1 amide bonds. The lowest BCUT2D eigenvalue weighted by Gasteiger charge is -2.19. The average Bonchev–Trinajstić information content (AvgIpc) is 2.38. The fraction of sp³-hybridized carbons (Fsp3) is 0.467. The molecule has 0 aromatic heterocycles. The number of aryl methyl sites for hydroxylation is 1. The summed E-state index contributed by atoms with van der Waals surface area (Å²) in [5.74, 6) is -0.618. The van der Waals surface area contributed by atoms with E-state index in [-0.39, 0.29) is 31.4 Å². The zero-order valence-corrected chi connectivity index (χ0v) is 13.9. The molecule has 0 aliphatic carbocycles. The highest BCUT2D eigenvalue weighted by atomic mass is 35.5. The number of benzene rings is 1. The molecule has 0 unspecified atom stereocenters. The highest BCUT2D eigenvalue weighted by Gasteiger charge is 2.14. The van der Waals surface area contributed by atoms with Crippen molar-refractivity contribution in [1.29, 1.82) is 0 Å². The number of hydrogen-bond acceptors (Lipinski definition) is 4. The minimum absolute atomic E-state index is 0. The number of methoxy groups -OCH3 is 1. The van der Waals surface area contributed by atoms with Gasteiger partial charge in [0.1, 0.15) is 5.75 Å². The summed E-state index contributed by atoms with van der Waals surface area (Å²) in [6.07, 6.45) is 0.786. The molecule has 0 atom stereocenters. The van der Waals surface area contributed by atoms with Gasteiger partial charge in [0, 0.05) is 0 Å². The molecular weight excluding hydrogens is 308 g/mol. The monoisotopic (exact) mass is 330 g/mol. The first kappa shape index (κ1) is 20.2. The van der Waals surface area contributed by atoms with E-state index in [2.05, 4.69) is 5.32 Å². The van der Waals surface area contributed by atoms with Crippen LogP contribution < -0.4 is 10.1 Å². The Morgan fingerprint density at radius 1 is 1.32 bits per heavy atom. The van der Waals surface area contributed by atoms with E-state index in [1.54, 1.807) is 11.0 Å². The minimum atomic E-state index is -0.940. The lowest BCUT2D eigenvalue weighted by atomic mass is 10.2. The van der Waals surface area contributed by atoms with Gasteiger partial charge in [-0.1, -0.05) is 13.0 Å². The van der Waals surface area contributed by atoms with Crippen molar-refractivity contribution in [3.05, 3.63) is 23.8 Å². The predicted molar refractivity (Wildman–Crippen MR) is 88.0 cm³/mol. The number of hydrogen-bond donors (Lipinski definition) is 2. The van der Waals surface area contributed by atoms with Crippen molar-refractivity contribution in [2.45, 2.75) is 20.3 Å². The number of nitrogens with zero attached hydrogens (tertiary/aromatic N) is 1. The molecule has 7 heteroatoms. The number of rotatable bonds is 8. The maximum absolute atomic E-state index is 12.1. The van der Waals surface area contributed by atoms with Crippen LogP contribution in [0.1, 0.15) is 18.9 Å². The molecule has 0 bridgehead atoms. The molecule has 2 N–H and O–H groups in total. The minimum Gasteiger partial charge on any atom is -0.495 e. The van der Waals surface area contributed by atoms with E-state index < -0.39 is 5.97 Å². The topological polar surface area (TPSA) is 78.9 Å². The highest BCUT2D eigenvalue weighted by Crippen LogP contribution is 2.25. The Balaban J connectivity index is 0.00000441. The number of nitrogens with one attached hydrogen (secondary N) is 1. The molecule has 0 aliphatic heterocycles. The fourth-order valence-electron chi connectivity index (χ4n) is 2.03. The summed E-state index contributed by atoms with van der Waals surface area (Å²) in [5, 5.41) is 11.6. The summed E-state index contributed by atoms with van der Waals surface area (Å²) in [6, 6.07) is 5.49. The van der Waals surface area contributed by atoms with Gasteiger partial charge in [0.05, 0.1) is 25.9 Å². The molecule has 1 aromatic rings. The highest BCUT2D eigenvalue weighted by molar-refractivity contribution is 5.94. The number of carboxylic acids is 1. The number of anilines is 1. The molecule has 22 heavy (non-hydrogen) atoms. The Morgan fingerprint density at radius 3 is 2.55 bits per heavy atom. The molecule has 0 heterocycles. The maximum Gasteiger partial charge on any atom is 0.317 e. The van der Waals surface area contributed by atoms with Gasteiger partial charge in [-0.2, -0.15) is 0 Å². The number of carbonyl (C=O) groups is 2. The zero-order valence-electron chi connectivity index (χ0n) is 13.1. The van der Waals surface area contributed by atoms with Crippen molar-refractivity contribution in [2.24, 2.45) is 0 Å². The van der Waals surface area contributed by atoms with Gasteiger partial charge < -0.3 is 15.2 Å². The molecule has 124 valence electrons. The van der Waals surface area contributed by atoms with Gasteiger partial charge in [0.25, 0.3) is 0 Å². The Hall–Kier alpha value is -1.79. The third kappa shape index (κ3) is 6.78. The quantitative estimate of drug-likeness (QED) is 0.763. The smallest absolute Gasteiger partial charge is 0.317 e. The van der Waals surface area contributed by atoms with Gasteiger partial charge in [-0.05, 0) is 37.6 Å². The van der Waals surface area contributed by atoms with Crippen LogP contribution in [0.5, 0.6) is 5.75 Å². The molecule has 1 aromatic carbocycles. The molecule has 0 spiro atoms. The van der Waals surface area contributed by atoms with Crippen LogP contribution in [-0.2, 0) is 9.59 Å². The van der Waals surface area contributed by atoms with Gasteiger partial charge in [0.15, 0.2) is 0 Å². The second-order valence-electron chi connectivity index (χ2n) is 4.86. The first-order valence-corrected chi connectivity index (χ1v) is 6.85. The van der Waals surface area contributed by atoms with Crippen LogP contribution >= 0.6 is 12.4 Å². The lowest BCUT2D eigenvalue weighted by molar-refractivity contribution is -0.138. The predicted octanol–water partition coefficient (Wildman–Crippen LogP) is 2.16. The Labute approximate surface area is 136 Å². The molecule has 6 nitrogen and oxygen atoms in total. The second kappa shape index (κ2) is 10.0. The van der Waals surface area contributed by atoms with Crippen LogP contribution in [0.3, 0.4) is 0 Å². The van der Waals surface area contributed by atoms with E-state index in [1.807, 2.05) is 26.0 Å². The summed E-state index contributed by atoms with van der Waals surface area (Å²) >= 11 is 0. The van der Waals surface area contributed by atoms with Crippen molar-refractivity contribution in [3.63, 3.8) is 0 Å². The Morgan fingerprint density at radius 2 is 2.00 bits per heavy atom. The third-order valence-electron chi connectivity index (χ3n) is 2.89. The van der Waals surface area contributed by atoms with Crippen molar-refractivity contribution >= 4 is 30.0 Å². The van der Waals surface area contributed by atoms with E-state index in [0.717, 1.165) is 12.0 Å². The second-order valence-corrected chi connectivity index (χ2v) is 4.86. The van der Waals surface area contributed by atoms with Crippen molar-refractivity contribution in [2.75, 3.05) is 32.1 Å². The average molecular weight is 331 g/mol. The SMILES string of the molecule is CCCN(CC(=O)O)CC(=O)Nc1cc(C)ccc1OC.Cl. The zero-order chi connectivity index (χ0) is 15.8. The number of amides is 1. The Kier molecular flexibility index (Phi) is 9.21. The van der Waals surface area contributed by atoms with E-state index in [0.29, 0.717) is 18.0 Å². The standard InChI is InChI=1S/C15H22N2O4.ClH/c1-4-7-17(10-15(19)20)9-14(18)16-12-8-11(2)5-6-13(12)21-3;/h5-6,8H,4,7,9-10H2,1-3H3,(H,16,18)(H,19,20);1H. The van der Waals surface area contributed by atoms with E-state index in [1.165, 1.54) is 7.11 Å². The third-order valence-corrected chi connectivity index (χ3v) is 2.89. The van der Waals surface area contributed by atoms with Crippen LogP contribution in [-0.4, -0.2) is 48.6 Å². The Bertz CT molecular complexity index is 508. The van der Waals surface area contributed by atoms with Crippen molar-refractivity contribution in [3.8, 4) is 5.75 Å². The molecule has 0 aliphatic rings. The first-order chi connectivity index (χ1) is 9.96. The summed E-state index contributed by atoms with van der Waals surface area (Å²) in [7, 11) is 1.54. The number of halogens is 1. The maximum atomic E-state index is 12.1. The normalized spacial score (nSPS) is 10.0. The van der Waals surface area contributed by atoms with Gasteiger partial charge in [-0.15, -0.1) is 12.4 Å². The first-order valence-electron chi connectivity index (χ1n) is 6.85. The van der Waals surface area contributed by atoms with Gasteiger partial charge in [-0.3, -0.25) is 14.5 Å². The van der Waals surface area contributed by atoms with E-state index >= 15 is 0 Å². The van der Waals surface area contributed by atoms with E-state index in [4.69, 9.17) is 9.84 Å². The lowest BCUT2D eigenvalue weighted by Crippen LogP contribution is -2.37. The van der Waals surface area contributed by atoms with Crippen molar-refractivity contribution < 1.29 is 19.4 Å². The molecule has 0 radical (unpaired) electrons. The molecule has 0 fully saturated rings. The molecule has 1 rings (SSSR count). The summed E-state index contributed by atoms with van der Waals surface area (Å²) in [6.45, 7) is 4.31. The van der Waals surface area contributed by atoms with Crippen LogP contribution in [0.25, 0.3) is 0 Å². The molecular formula is C15H23ClN2O4. The van der Waals surface area contributed by atoms with Crippen LogP contribution in [0, 0.1) is 6.92 Å². The van der Waals surface area contributed by atoms with E-state index in [9.17, 15) is 9.59 Å². The number of ether oxygens (including phenoxy) is 1. The van der Waals surface area contributed by atoms with Gasteiger partial charge in [-0.25, -0.2) is 0 Å². The largest absolute Gasteiger partial charge is 0.495 e. The van der Waals surface area contributed by atoms with Crippen LogP contribution in [0.15, 0.2) is 18.2 Å². The molecule has 0 saturated carbocycles. The summed E-state index contributed by atoms with van der Waals surface area (Å²) in [5.41, 5.74) is 1.59. The van der Waals surface area contributed by atoms with Crippen LogP contribution in [0.4, 0.5) is 5.69 Å². The number of aliphatic carboxylic acids is 1.